The van der Waals surface area contributed by atoms with E-state index in [4.69, 9.17) is 16.9 Å². The first kappa shape index (κ1) is 14.3. The molecule has 2 rings (SSSR count). The topological polar surface area (TPSA) is 61.2 Å². The molecule has 1 aromatic carbocycles. The number of rotatable bonds is 2. The number of benzene rings is 1. The molecule has 0 spiro atoms. The lowest BCUT2D eigenvalue weighted by Gasteiger charge is -2.19. The summed E-state index contributed by atoms with van der Waals surface area (Å²) in [6.45, 7) is 0.828. The Labute approximate surface area is 118 Å². The van der Waals surface area contributed by atoms with Crippen LogP contribution < -0.4 is 0 Å². The zero-order chi connectivity index (χ0) is 13.9. The summed E-state index contributed by atoms with van der Waals surface area (Å²) in [5.41, 5.74) is 1.21. The molecule has 0 amide bonds. The summed E-state index contributed by atoms with van der Waals surface area (Å²) in [6.07, 6.45) is 2.54. The first-order valence-electron chi connectivity index (χ1n) is 6.19. The van der Waals surface area contributed by atoms with E-state index < -0.39 is 10.0 Å². The SMILES string of the molecule is N#Cc1cc(Cl)cc(CN2CCCCCS2(=O)=O)c1. The van der Waals surface area contributed by atoms with E-state index in [0.717, 1.165) is 24.8 Å². The minimum Gasteiger partial charge on any atom is -0.212 e. The standard InChI is InChI=1S/C13H15ClN2O2S/c14-13-7-11(9-15)6-12(8-13)10-16-4-2-1-3-5-19(16,17)18/h6-8H,1-5,10H2. The van der Waals surface area contributed by atoms with Gasteiger partial charge in [-0.05, 0) is 36.6 Å². The van der Waals surface area contributed by atoms with Gasteiger partial charge in [0.05, 0.1) is 17.4 Å². The first-order chi connectivity index (χ1) is 9.01. The molecule has 1 aromatic rings. The van der Waals surface area contributed by atoms with Gasteiger partial charge in [-0.1, -0.05) is 18.0 Å². The van der Waals surface area contributed by atoms with Crippen molar-refractivity contribution in [2.45, 2.75) is 25.8 Å². The van der Waals surface area contributed by atoms with Crippen LogP contribution in [0.2, 0.25) is 5.02 Å². The van der Waals surface area contributed by atoms with Gasteiger partial charge in [-0.25, -0.2) is 8.42 Å². The Balaban J connectivity index is 2.24. The normalized spacial score (nSPS) is 19.6. The van der Waals surface area contributed by atoms with Crippen molar-refractivity contribution in [2.75, 3.05) is 12.3 Å². The van der Waals surface area contributed by atoms with E-state index in [2.05, 4.69) is 0 Å². The average Bonchev–Trinajstić information content (AvgIpc) is 2.51. The Hall–Kier alpha value is -1.09. The van der Waals surface area contributed by atoms with Crippen LogP contribution in [0.15, 0.2) is 18.2 Å². The van der Waals surface area contributed by atoms with Gasteiger partial charge in [-0.15, -0.1) is 0 Å². The molecular weight excluding hydrogens is 284 g/mol. The summed E-state index contributed by atoms with van der Waals surface area (Å²) < 4.78 is 25.6. The highest BCUT2D eigenvalue weighted by Gasteiger charge is 2.24. The highest BCUT2D eigenvalue weighted by molar-refractivity contribution is 7.89. The molecule has 0 N–H and O–H groups in total. The summed E-state index contributed by atoms with van der Waals surface area (Å²) in [7, 11) is -3.18. The molecular formula is C13H15ClN2O2S. The molecule has 1 saturated heterocycles. The third-order valence-corrected chi connectivity index (χ3v) is 5.27. The number of nitrogens with zero attached hydrogens (tertiary/aromatic N) is 2. The number of hydrogen-bond donors (Lipinski definition) is 0. The summed E-state index contributed by atoms with van der Waals surface area (Å²) >= 11 is 5.93. The minimum absolute atomic E-state index is 0.207. The maximum Gasteiger partial charge on any atom is 0.214 e. The Morgan fingerprint density at radius 2 is 2.05 bits per heavy atom. The number of halogens is 1. The molecule has 0 saturated carbocycles. The largest absolute Gasteiger partial charge is 0.214 e. The Kier molecular flexibility index (Phi) is 4.46. The molecule has 0 bridgehead atoms. The van der Waals surface area contributed by atoms with E-state index in [1.807, 2.05) is 6.07 Å². The lowest BCUT2D eigenvalue weighted by Crippen LogP contribution is -2.31. The molecule has 0 radical (unpaired) electrons. The molecule has 4 nitrogen and oxygen atoms in total. The Bertz CT molecular complexity index is 608. The number of hydrogen-bond acceptors (Lipinski definition) is 3. The Morgan fingerprint density at radius 1 is 1.26 bits per heavy atom. The van der Waals surface area contributed by atoms with Crippen molar-refractivity contribution in [2.24, 2.45) is 0 Å². The van der Waals surface area contributed by atoms with E-state index in [-0.39, 0.29) is 12.3 Å². The van der Waals surface area contributed by atoms with E-state index in [1.165, 1.54) is 4.31 Å². The van der Waals surface area contributed by atoms with Gasteiger partial charge >= 0.3 is 0 Å². The molecule has 19 heavy (non-hydrogen) atoms. The lowest BCUT2D eigenvalue weighted by molar-refractivity contribution is 0.408. The molecule has 102 valence electrons. The molecule has 1 aliphatic rings. The van der Waals surface area contributed by atoms with Gasteiger partial charge in [0, 0.05) is 18.1 Å². The van der Waals surface area contributed by atoms with Gasteiger partial charge in [-0.3, -0.25) is 0 Å². The Morgan fingerprint density at radius 3 is 2.79 bits per heavy atom. The fourth-order valence-corrected chi connectivity index (χ4v) is 4.04. The van der Waals surface area contributed by atoms with E-state index in [9.17, 15) is 8.42 Å². The van der Waals surface area contributed by atoms with Gasteiger partial charge in [0.1, 0.15) is 0 Å². The highest BCUT2D eigenvalue weighted by Crippen LogP contribution is 2.20. The predicted molar refractivity (Wildman–Crippen MR) is 74.2 cm³/mol. The molecule has 0 aromatic heterocycles. The van der Waals surface area contributed by atoms with Crippen LogP contribution in [0.25, 0.3) is 0 Å². The van der Waals surface area contributed by atoms with Gasteiger partial charge in [0.2, 0.25) is 10.0 Å². The van der Waals surface area contributed by atoms with E-state index in [0.29, 0.717) is 17.1 Å². The zero-order valence-corrected chi connectivity index (χ0v) is 12.0. The monoisotopic (exact) mass is 298 g/mol. The maximum absolute atomic E-state index is 12.1. The second-order valence-electron chi connectivity index (χ2n) is 4.67. The fraction of sp³-hybridized carbons (Fsp3) is 0.462. The predicted octanol–water partition coefficient (Wildman–Crippen LogP) is 2.53. The average molecular weight is 299 g/mol. The van der Waals surface area contributed by atoms with Gasteiger partial charge in [0.25, 0.3) is 0 Å². The summed E-state index contributed by atoms with van der Waals surface area (Å²) in [4.78, 5) is 0. The number of nitriles is 1. The van der Waals surface area contributed by atoms with Crippen LogP contribution in [0, 0.1) is 11.3 Å². The van der Waals surface area contributed by atoms with Crippen molar-refractivity contribution < 1.29 is 8.42 Å². The summed E-state index contributed by atoms with van der Waals surface area (Å²) in [5.74, 6) is 0.207. The fourth-order valence-electron chi connectivity index (χ4n) is 2.20. The molecule has 0 unspecified atom stereocenters. The van der Waals surface area contributed by atoms with Gasteiger partial charge in [-0.2, -0.15) is 9.57 Å². The van der Waals surface area contributed by atoms with Gasteiger partial charge in [0.15, 0.2) is 0 Å². The molecule has 0 aliphatic carbocycles. The second-order valence-corrected chi connectivity index (χ2v) is 7.20. The van der Waals surface area contributed by atoms with Crippen LogP contribution >= 0.6 is 11.6 Å². The van der Waals surface area contributed by atoms with E-state index >= 15 is 0 Å². The third kappa shape index (κ3) is 3.69. The van der Waals surface area contributed by atoms with Crippen LogP contribution in [0.1, 0.15) is 30.4 Å². The first-order valence-corrected chi connectivity index (χ1v) is 8.17. The van der Waals surface area contributed by atoms with Crippen LogP contribution in [0.4, 0.5) is 0 Å². The van der Waals surface area contributed by atoms with Crippen molar-refractivity contribution in [1.82, 2.24) is 4.31 Å². The van der Waals surface area contributed by atoms with Crippen LogP contribution in [0.3, 0.4) is 0 Å². The summed E-state index contributed by atoms with van der Waals surface area (Å²) in [5, 5.41) is 9.36. The third-order valence-electron chi connectivity index (χ3n) is 3.15. The minimum atomic E-state index is -3.18. The van der Waals surface area contributed by atoms with Crippen molar-refractivity contribution in [1.29, 1.82) is 5.26 Å². The quantitative estimate of drug-likeness (QED) is 0.843. The lowest BCUT2D eigenvalue weighted by atomic mass is 10.1. The number of sulfonamides is 1. The smallest absolute Gasteiger partial charge is 0.212 e. The van der Waals surface area contributed by atoms with Crippen LogP contribution in [-0.2, 0) is 16.6 Å². The van der Waals surface area contributed by atoms with Crippen molar-refractivity contribution >= 4 is 21.6 Å². The van der Waals surface area contributed by atoms with Gasteiger partial charge < -0.3 is 0 Å². The molecule has 0 atom stereocenters. The van der Waals surface area contributed by atoms with Crippen LogP contribution in [-0.4, -0.2) is 25.0 Å². The molecule has 6 heteroatoms. The van der Waals surface area contributed by atoms with Crippen molar-refractivity contribution in [3.63, 3.8) is 0 Å². The molecule has 1 fully saturated rings. The van der Waals surface area contributed by atoms with Crippen LogP contribution in [0.5, 0.6) is 0 Å². The molecule has 1 heterocycles. The molecule has 1 aliphatic heterocycles. The second kappa shape index (κ2) is 5.91. The zero-order valence-electron chi connectivity index (χ0n) is 10.5. The maximum atomic E-state index is 12.1. The summed E-state index contributed by atoms with van der Waals surface area (Å²) in [6, 6.07) is 7.00. The highest BCUT2D eigenvalue weighted by atomic mass is 35.5. The van der Waals surface area contributed by atoms with Crippen molar-refractivity contribution in [3.8, 4) is 6.07 Å². The van der Waals surface area contributed by atoms with Crippen molar-refractivity contribution in [3.05, 3.63) is 34.3 Å². The van der Waals surface area contributed by atoms with E-state index in [1.54, 1.807) is 18.2 Å².